The average Bonchev–Trinajstić information content (AvgIpc) is 3.02. The van der Waals surface area contributed by atoms with E-state index in [-0.39, 0.29) is 23.6 Å². The van der Waals surface area contributed by atoms with E-state index in [0.717, 1.165) is 19.1 Å². The molecule has 130 valence electrons. The van der Waals surface area contributed by atoms with Gasteiger partial charge in [0.15, 0.2) is 4.34 Å². The monoisotopic (exact) mass is 379 g/mol. The van der Waals surface area contributed by atoms with Gasteiger partial charge in [0, 0.05) is 19.1 Å². The van der Waals surface area contributed by atoms with Gasteiger partial charge in [0.2, 0.25) is 21.1 Å². The van der Waals surface area contributed by atoms with Crippen LogP contribution >= 0.6 is 23.1 Å². The van der Waals surface area contributed by atoms with Crippen LogP contribution in [0.25, 0.3) is 0 Å². The molecule has 0 radical (unpaired) electrons. The molecule has 23 heavy (non-hydrogen) atoms. The van der Waals surface area contributed by atoms with Gasteiger partial charge < -0.3 is 10.6 Å². The van der Waals surface area contributed by atoms with E-state index in [1.54, 1.807) is 4.90 Å². The lowest BCUT2D eigenvalue weighted by atomic mass is 9.99. The minimum Gasteiger partial charge on any atom is -0.374 e. The van der Waals surface area contributed by atoms with Crippen LogP contribution in [0.15, 0.2) is 4.34 Å². The van der Waals surface area contributed by atoms with Crippen LogP contribution in [0.5, 0.6) is 0 Å². The van der Waals surface area contributed by atoms with Gasteiger partial charge >= 0.3 is 0 Å². The maximum atomic E-state index is 12.3. The van der Waals surface area contributed by atoms with Crippen molar-refractivity contribution < 1.29 is 13.2 Å². The van der Waals surface area contributed by atoms with E-state index < -0.39 is 10.0 Å². The first-order valence-corrected chi connectivity index (χ1v) is 10.9. The van der Waals surface area contributed by atoms with Crippen LogP contribution in [0, 0.1) is 5.92 Å². The smallest absolute Gasteiger partial charge is 0.233 e. The molecule has 1 aliphatic heterocycles. The molecule has 0 bridgehead atoms. The summed E-state index contributed by atoms with van der Waals surface area (Å²) in [6.45, 7) is 3.05. The number of nitrogens with one attached hydrogen (secondary N) is 1. The van der Waals surface area contributed by atoms with Gasteiger partial charge in [-0.05, 0) is 12.3 Å². The number of anilines is 1. The molecule has 2 rings (SSSR count). The third-order valence-electron chi connectivity index (χ3n) is 3.56. The van der Waals surface area contributed by atoms with Crippen molar-refractivity contribution in [3.63, 3.8) is 0 Å². The number of nitrogen functional groups attached to an aromatic ring is 1. The lowest BCUT2D eigenvalue weighted by Crippen LogP contribution is -2.40. The standard InChI is InChI=1S/C12H21N5O3S3/c1-3-4-8-5-17(6-9(8)16-23(2,19)20)10(18)7-21-12-15-14-11(13)22-12/h8-9,16H,3-7H2,1-2H3,(H2,13,14)/t8-,9-/m1/s1. The van der Waals surface area contributed by atoms with Gasteiger partial charge in [-0.15, -0.1) is 10.2 Å². The van der Waals surface area contributed by atoms with E-state index in [1.165, 1.54) is 23.1 Å². The number of amides is 1. The largest absolute Gasteiger partial charge is 0.374 e. The second-order valence-electron chi connectivity index (χ2n) is 5.54. The van der Waals surface area contributed by atoms with Gasteiger partial charge in [0.1, 0.15) is 0 Å². The van der Waals surface area contributed by atoms with Crippen molar-refractivity contribution in [1.29, 1.82) is 0 Å². The van der Waals surface area contributed by atoms with Crippen molar-refractivity contribution >= 4 is 44.2 Å². The number of rotatable bonds is 7. The third kappa shape index (κ3) is 5.59. The molecule has 1 amide bonds. The highest BCUT2D eigenvalue weighted by molar-refractivity contribution is 8.01. The van der Waals surface area contributed by atoms with Crippen LogP contribution in [0.4, 0.5) is 5.13 Å². The predicted molar refractivity (Wildman–Crippen MR) is 91.8 cm³/mol. The molecule has 0 aromatic carbocycles. The molecule has 3 N–H and O–H groups in total. The second-order valence-corrected chi connectivity index (χ2v) is 9.55. The maximum absolute atomic E-state index is 12.3. The van der Waals surface area contributed by atoms with Crippen LogP contribution < -0.4 is 10.5 Å². The lowest BCUT2D eigenvalue weighted by molar-refractivity contribution is -0.127. The van der Waals surface area contributed by atoms with E-state index in [4.69, 9.17) is 5.73 Å². The van der Waals surface area contributed by atoms with Gasteiger partial charge in [-0.1, -0.05) is 36.4 Å². The Morgan fingerprint density at radius 2 is 2.22 bits per heavy atom. The molecule has 1 fully saturated rings. The zero-order valence-electron chi connectivity index (χ0n) is 13.1. The fourth-order valence-electron chi connectivity index (χ4n) is 2.64. The highest BCUT2D eigenvalue weighted by Gasteiger charge is 2.35. The molecule has 0 aliphatic carbocycles. The summed E-state index contributed by atoms with van der Waals surface area (Å²) >= 11 is 2.55. The number of nitrogens with two attached hydrogens (primary N) is 1. The Balaban J connectivity index is 1.92. The molecule has 1 aromatic rings. The number of carbonyl (C=O) groups is 1. The van der Waals surface area contributed by atoms with Gasteiger partial charge in [0.05, 0.1) is 12.0 Å². The zero-order valence-corrected chi connectivity index (χ0v) is 15.5. The predicted octanol–water partition coefficient (Wildman–Crippen LogP) is 0.389. The van der Waals surface area contributed by atoms with Crippen molar-refractivity contribution in [2.75, 3.05) is 30.8 Å². The third-order valence-corrected chi connectivity index (χ3v) is 6.16. The Kier molecular flexibility index (Phi) is 6.23. The number of thioether (sulfide) groups is 1. The number of hydrogen-bond acceptors (Lipinski definition) is 8. The fraction of sp³-hybridized carbons (Fsp3) is 0.750. The second kappa shape index (κ2) is 7.77. The number of hydrogen-bond donors (Lipinski definition) is 2. The highest BCUT2D eigenvalue weighted by Crippen LogP contribution is 2.26. The van der Waals surface area contributed by atoms with Crippen molar-refractivity contribution in [2.45, 2.75) is 30.1 Å². The summed E-state index contributed by atoms with van der Waals surface area (Å²) in [6, 6.07) is -0.212. The van der Waals surface area contributed by atoms with Crippen LogP contribution in [-0.4, -0.2) is 60.6 Å². The van der Waals surface area contributed by atoms with E-state index in [2.05, 4.69) is 21.8 Å². The molecule has 0 unspecified atom stereocenters. The highest BCUT2D eigenvalue weighted by atomic mass is 32.2. The summed E-state index contributed by atoms with van der Waals surface area (Å²) in [4.78, 5) is 14.1. The first-order valence-electron chi connectivity index (χ1n) is 7.25. The molecule has 1 aromatic heterocycles. The minimum atomic E-state index is -3.28. The summed E-state index contributed by atoms with van der Waals surface area (Å²) in [5.41, 5.74) is 5.51. The Morgan fingerprint density at radius 1 is 1.48 bits per heavy atom. The van der Waals surface area contributed by atoms with Crippen molar-refractivity contribution in [3.05, 3.63) is 0 Å². The fourth-order valence-corrected chi connectivity index (χ4v) is 5.00. The number of likely N-dealkylation sites (tertiary alicyclic amines) is 1. The minimum absolute atomic E-state index is 0.0253. The summed E-state index contributed by atoms with van der Waals surface area (Å²) in [5.74, 6) is 0.377. The number of sulfonamides is 1. The maximum Gasteiger partial charge on any atom is 0.233 e. The lowest BCUT2D eigenvalue weighted by Gasteiger charge is -2.17. The molecule has 0 spiro atoms. The molecular formula is C12H21N5O3S3. The van der Waals surface area contributed by atoms with Gasteiger partial charge in [-0.2, -0.15) is 0 Å². The molecule has 2 heterocycles. The topological polar surface area (TPSA) is 118 Å². The van der Waals surface area contributed by atoms with E-state index in [1.807, 2.05) is 0 Å². The van der Waals surface area contributed by atoms with E-state index >= 15 is 0 Å². The number of aromatic nitrogens is 2. The molecule has 11 heteroatoms. The summed E-state index contributed by atoms with van der Waals surface area (Å²) in [5, 5.41) is 7.95. The molecule has 8 nitrogen and oxygen atoms in total. The summed E-state index contributed by atoms with van der Waals surface area (Å²) in [7, 11) is -3.28. The van der Waals surface area contributed by atoms with Crippen molar-refractivity contribution in [2.24, 2.45) is 5.92 Å². The van der Waals surface area contributed by atoms with E-state index in [0.29, 0.717) is 22.6 Å². The van der Waals surface area contributed by atoms with Crippen LogP contribution in [-0.2, 0) is 14.8 Å². The molecule has 1 aliphatic rings. The van der Waals surface area contributed by atoms with Gasteiger partial charge in [0.25, 0.3) is 0 Å². The number of carbonyl (C=O) groups excluding carboxylic acids is 1. The Hall–Kier alpha value is -0.910. The zero-order chi connectivity index (χ0) is 17.0. The van der Waals surface area contributed by atoms with Crippen LogP contribution in [0.3, 0.4) is 0 Å². The normalized spacial score (nSPS) is 21.7. The molecular weight excluding hydrogens is 358 g/mol. The molecule has 1 saturated heterocycles. The van der Waals surface area contributed by atoms with Crippen LogP contribution in [0.2, 0.25) is 0 Å². The SMILES string of the molecule is CCC[C@@H]1CN(C(=O)CSc2nnc(N)s2)C[C@H]1NS(C)(=O)=O. The van der Waals surface area contributed by atoms with Crippen molar-refractivity contribution in [1.82, 2.24) is 19.8 Å². The summed E-state index contributed by atoms with van der Waals surface area (Å²) in [6.07, 6.45) is 2.99. The molecule has 0 saturated carbocycles. The Labute approximate surface area is 144 Å². The van der Waals surface area contributed by atoms with Crippen molar-refractivity contribution in [3.8, 4) is 0 Å². The number of nitrogens with zero attached hydrogens (tertiary/aromatic N) is 3. The first-order chi connectivity index (χ1) is 10.8. The van der Waals surface area contributed by atoms with E-state index in [9.17, 15) is 13.2 Å². The average molecular weight is 380 g/mol. The Morgan fingerprint density at radius 3 is 2.78 bits per heavy atom. The quantitative estimate of drug-likeness (QED) is 0.658. The first kappa shape index (κ1) is 18.4. The van der Waals surface area contributed by atoms with Crippen LogP contribution in [0.1, 0.15) is 19.8 Å². The Bertz CT molecular complexity index is 648. The summed E-state index contributed by atoms with van der Waals surface area (Å²) < 4.78 is 26.3. The van der Waals surface area contributed by atoms with Gasteiger partial charge in [-0.25, -0.2) is 13.1 Å². The molecule has 2 atom stereocenters. The van der Waals surface area contributed by atoms with Gasteiger partial charge in [-0.3, -0.25) is 4.79 Å².